The Morgan fingerprint density at radius 2 is 1.81 bits per heavy atom. The number of pyridine rings is 1. The number of methoxy groups -OCH3 is 2. The molecule has 1 N–H and O–H groups in total. The van der Waals surface area contributed by atoms with Crippen LogP contribution in [0.1, 0.15) is 16.2 Å². The summed E-state index contributed by atoms with van der Waals surface area (Å²) in [4.78, 5) is 33.0. The number of ether oxygens (including phenoxy) is 4. The minimum atomic E-state index is -0.630. The lowest BCUT2D eigenvalue weighted by atomic mass is 10.2. The van der Waals surface area contributed by atoms with Gasteiger partial charge in [0, 0.05) is 18.0 Å². The maximum absolute atomic E-state index is 12.5. The number of amides is 1. The molecular formula is C25H22N4O7. The lowest BCUT2D eigenvalue weighted by molar-refractivity contribution is -0.118. The van der Waals surface area contributed by atoms with E-state index in [1.165, 1.54) is 32.4 Å². The van der Waals surface area contributed by atoms with Gasteiger partial charge in [-0.2, -0.15) is 4.98 Å². The predicted octanol–water partition coefficient (Wildman–Crippen LogP) is 3.52. The molecule has 2 aromatic heterocycles. The van der Waals surface area contributed by atoms with E-state index >= 15 is 0 Å². The fourth-order valence-electron chi connectivity index (χ4n) is 3.13. The molecule has 0 saturated heterocycles. The van der Waals surface area contributed by atoms with Crippen molar-refractivity contribution in [1.29, 1.82) is 0 Å². The van der Waals surface area contributed by atoms with Crippen molar-refractivity contribution in [3.8, 4) is 28.6 Å². The number of anilines is 1. The lowest BCUT2D eigenvalue weighted by Crippen LogP contribution is -2.20. The zero-order chi connectivity index (χ0) is 25.3. The van der Waals surface area contributed by atoms with Gasteiger partial charge in [0.2, 0.25) is 5.82 Å². The second-order valence-electron chi connectivity index (χ2n) is 7.23. The highest BCUT2D eigenvalue weighted by Gasteiger charge is 2.16. The van der Waals surface area contributed by atoms with Crippen LogP contribution in [0, 0.1) is 0 Å². The van der Waals surface area contributed by atoms with Gasteiger partial charge in [0.25, 0.3) is 11.8 Å². The van der Waals surface area contributed by atoms with E-state index in [4.69, 9.17) is 23.5 Å². The molecule has 2 heterocycles. The van der Waals surface area contributed by atoms with Gasteiger partial charge in [-0.05, 0) is 42.5 Å². The van der Waals surface area contributed by atoms with Gasteiger partial charge in [0.05, 0.1) is 25.5 Å². The van der Waals surface area contributed by atoms with Crippen molar-refractivity contribution in [2.24, 2.45) is 0 Å². The van der Waals surface area contributed by atoms with Crippen molar-refractivity contribution >= 4 is 17.6 Å². The quantitative estimate of drug-likeness (QED) is 0.329. The van der Waals surface area contributed by atoms with Crippen LogP contribution < -0.4 is 19.5 Å². The summed E-state index contributed by atoms with van der Waals surface area (Å²) in [6, 6.07) is 15.0. The number of benzene rings is 2. The number of hydrogen-bond donors (Lipinski definition) is 1. The molecule has 0 radical (unpaired) electrons. The number of nitrogens with zero attached hydrogens (tertiary/aromatic N) is 3. The molecule has 0 atom stereocenters. The van der Waals surface area contributed by atoms with Crippen LogP contribution in [0.3, 0.4) is 0 Å². The Hall–Kier alpha value is -4.93. The van der Waals surface area contributed by atoms with E-state index in [1.807, 2.05) is 0 Å². The molecule has 11 heteroatoms. The van der Waals surface area contributed by atoms with Crippen molar-refractivity contribution in [3.05, 3.63) is 78.4 Å². The molecule has 0 spiro atoms. The molecule has 2 aromatic carbocycles. The van der Waals surface area contributed by atoms with Crippen LogP contribution in [0.25, 0.3) is 11.4 Å². The fourth-order valence-corrected chi connectivity index (χ4v) is 3.13. The Morgan fingerprint density at radius 1 is 0.972 bits per heavy atom. The van der Waals surface area contributed by atoms with Gasteiger partial charge in [-0.15, -0.1) is 0 Å². The van der Waals surface area contributed by atoms with E-state index < -0.39 is 11.9 Å². The van der Waals surface area contributed by atoms with E-state index in [0.717, 1.165) is 0 Å². The van der Waals surface area contributed by atoms with Gasteiger partial charge >= 0.3 is 5.97 Å². The number of rotatable bonds is 10. The monoisotopic (exact) mass is 490 g/mol. The highest BCUT2D eigenvalue weighted by Crippen LogP contribution is 2.29. The normalized spacial score (nSPS) is 10.4. The molecule has 11 nitrogen and oxygen atoms in total. The molecule has 0 aliphatic rings. The Bertz CT molecular complexity index is 1340. The lowest BCUT2D eigenvalue weighted by Gasteiger charge is -2.13. The maximum atomic E-state index is 12.5. The van der Waals surface area contributed by atoms with Crippen LogP contribution in [-0.2, 0) is 16.1 Å². The van der Waals surface area contributed by atoms with Gasteiger partial charge in [-0.25, -0.2) is 4.79 Å². The summed E-state index contributed by atoms with van der Waals surface area (Å²) in [6.07, 6.45) is 3.23. The number of hydrogen-bond acceptors (Lipinski definition) is 10. The molecule has 4 aromatic rings. The Morgan fingerprint density at radius 3 is 2.58 bits per heavy atom. The van der Waals surface area contributed by atoms with Crippen LogP contribution >= 0.6 is 0 Å². The van der Waals surface area contributed by atoms with Crippen LogP contribution in [-0.4, -0.2) is 47.8 Å². The molecule has 4 rings (SSSR count). The molecule has 0 bridgehead atoms. The van der Waals surface area contributed by atoms with Crippen molar-refractivity contribution < 1.29 is 33.1 Å². The standard InChI is InChI=1S/C25H22N4O7/c1-32-19-8-4-3-7-18(19)27-22(30)14-34-20-10-9-16(12-21(20)33-2)25(31)35-15-23-28-24(29-36-23)17-6-5-11-26-13-17/h3-13H,14-15H2,1-2H3,(H,27,30). The molecule has 0 aliphatic heterocycles. The van der Waals surface area contributed by atoms with Gasteiger partial charge in [-0.3, -0.25) is 9.78 Å². The Balaban J connectivity index is 1.33. The number of aromatic nitrogens is 3. The summed E-state index contributed by atoms with van der Waals surface area (Å²) < 4.78 is 26.5. The smallest absolute Gasteiger partial charge is 0.338 e. The predicted molar refractivity (Wildman–Crippen MR) is 127 cm³/mol. The van der Waals surface area contributed by atoms with E-state index in [-0.39, 0.29) is 36.2 Å². The molecule has 36 heavy (non-hydrogen) atoms. The summed E-state index contributed by atoms with van der Waals surface area (Å²) in [6.45, 7) is -0.496. The number of carbonyl (C=O) groups excluding carboxylic acids is 2. The van der Waals surface area contributed by atoms with Crippen LogP contribution in [0.4, 0.5) is 5.69 Å². The summed E-state index contributed by atoms with van der Waals surface area (Å²) in [5, 5.41) is 6.57. The van der Waals surface area contributed by atoms with E-state index in [9.17, 15) is 9.59 Å². The third-order valence-corrected chi connectivity index (χ3v) is 4.85. The first kappa shape index (κ1) is 24.2. The van der Waals surface area contributed by atoms with Crippen molar-refractivity contribution in [1.82, 2.24) is 15.1 Å². The summed E-state index contributed by atoms with van der Waals surface area (Å²) in [5.41, 5.74) is 1.41. The summed E-state index contributed by atoms with van der Waals surface area (Å²) in [5.74, 6) is 0.515. The fraction of sp³-hybridized carbons (Fsp3) is 0.160. The van der Waals surface area contributed by atoms with Crippen LogP contribution in [0.5, 0.6) is 17.2 Å². The average Bonchev–Trinajstić information content (AvgIpc) is 3.40. The number of carbonyl (C=O) groups is 2. The number of esters is 1. The van der Waals surface area contributed by atoms with Crippen molar-refractivity contribution in [2.75, 3.05) is 26.1 Å². The Kier molecular flexibility index (Phi) is 7.71. The second kappa shape index (κ2) is 11.5. The highest BCUT2D eigenvalue weighted by molar-refractivity contribution is 5.93. The Labute approximate surface area is 206 Å². The molecule has 0 fully saturated rings. The van der Waals surface area contributed by atoms with Gasteiger partial charge in [0.1, 0.15) is 5.75 Å². The molecule has 0 unspecified atom stereocenters. The molecule has 184 valence electrons. The molecule has 0 aliphatic carbocycles. The molecule has 0 saturated carbocycles. The first-order valence-electron chi connectivity index (χ1n) is 10.7. The summed E-state index contributed by atoms with van der Waals surface area (Å²) >= 11 is 0. The average molecular weight is 490 g/mol. The first-order valence-corrected chi connectivity index (χ1v) is 10.7. The minimum absolute atomic E-state index is 0.134. The number of nitrogens with one attached hydrogen (secondary N) is 1. The van der Waals surface area contributed by atoms with E-state index in [1.54, 1.807) is 48.8 Å². The maximum Gasteiger partial charge on any atom is 0.338 e. The van der Waals surface area contributed by atoms with Crippen molar-refractivity contribution in [2.45, 2.75) is 6.61 Å². The highest BCUT2D eigenvalue weighted by atomic mass is 16.6. The van der Waals surface area contributed by atoms with E-state index in [0.29, 0.717) is 22.8 Å². The first-order chi connectivity index (χ1) is 17.6. The van der Waals surface area contributed by atoms with Gasteiger partial charge in [0.15, 0.2) is 24.7 Å². The minimum Gasteiger partial charge on any atom is -0.495 e. The summed E-state index contributed by atoms with van der Waals surface area (Å²) in [7, 11) is 2.94. The number of para-hydroxylation sites is 2. The third-order valence-electron chi connectivity index (χ3n) is 4.85. The largest absolute Gasteiger partial charge is 0.495 e. The van der Waals surface area contributed by atoms with Gasteiger partial charge < -0.3 is 28.8 Å². The zero-order valence-corrected chi connectivity index (χ0v) is 19.5. The molecule has 1 amide bonds. The zero-order valence-electron chi connectivity index (χ0n) is 19.5. The van der Waals surface area contributed by atoms with Crippen LogP contribution in [0.2, 0.25) is 0 Å². The van der Waals surface area contributed by atoms with Crippen molar-refractivity contribution in [3.63, 3.8) is 0 Å². The third kappa shape index (κ3) is 5.95. The second-order valence-corrected chi connectivity index (χ2v) is 7.23. The topological polar surface area (TPSA) is 135 Å². The molecular weight excluding hydrogens is 468 g/mol. The van der Waals surface area contributed by atoms with Gasteiger partial charge in [-0.1, -0.05) is 17.3 Å². The SMILES string of the molecule is COc1ccccc1NC(=O)COc1ccc(C(=O)OCc2nc(-c3cccnc3)no2)cc1OC. The van der Waals surface area contributed by atoms with Crippen LogP contribution in [0.15, 0.2) is 71.5 Å². The van der Waals surface area contributed by atoms with E-state index in [2.05, 4.69) is 20.4 Å².